The van der Waals surface area contributed by atoms with E-state index in [1.807, 2.05) is 13.1 Å². The molecule has 128 valence electrons. The molecule has 5 nitrogen and oxygen atoms in total. The summed E-state index contributed by atoms with van der Waals surface area (Å²) in [6.07, 6.45) is 3.07. The van der Waals surface area contributed by atoms with Gasteiger partial charge in [0.05, 0.1) is 19.3 Å². The van der Waals surface area contributed by atoms with E-state index < -0.39 is 0 Å². The average Bonchev–Trinajstić information content (AvgIpc) is 2.85. The second-order valence-electron chi connectivity index (χ2n) is 7.05. The van der Waals surface area contributed by atoms with Crippen molar-refractivity contribution in [3.63, 3.8) is 0 Å². The van der Waals surface area contributed by atoms with Crippen molar-refractivity contribution in [2.45, 2.75) is 47.6 Å². The Morgan fingerprint density at radius 2 is 2.17 bits per heavy atom. The fraction of sp³-hybridized carbons (Fsp3) is 0.667. The van der Waals surface area contributed by atoms with Crippen LogP contribution in [-0.4, -0.2) is 42.6 Å². The summed E-state index contributed by atoms with van der Waals surface area (Å²) in [5, 5.41) is 3.41. The molecule has 1 fully saturated rings. The second-order valence-corrected chi connectivity index (χ2v) is 7.05. The van der Waals surface area contributed by atoms with E-state index in [0.717, 1.165) is 48.2 Å². The number of pyridine rings is 1. The molecule has 0 spiro atoms. The van der Waals surface area contributed by atoms with Crippen molar-refractivity contribution in [2.75, 3.05) is 26.7 Å². The summed E-state index contributed by atoms with van der Waals surface area (Å²) in [5.74, 6) is 1.90. The minimum Gasteiger partial charge on any atom is -0.496 e. The van der Waals surface area contributed by atoms with Gasteiger partial charge in [-0.15, -0.1) is 0 Å². The fourth-order valence-corrected chi connectivity index (χ4v) is 3.10. The lowest BCUT2D eigenvalue weighted by atomic mass is 9.93. The van der Waals surface area contributed by atoms with E-state index in [4.69, 9.17) is 9.73 Å². The zero-order valence-electron chi connectivity index (χ0n) is 15.4. The third-order valence-electron chi connectivity index (χ3n) is 4.44. The molecule has 2 rings (SSSR count). The monoisotopic (exact) mass is 318 g/mol. The van der Waals surface area contributed by atoms with Gasteiger partial charge in [-0.3, -0.25) is 4.98 Å². The normalized spacial score (nSPS) is 17.5. The lowest BCUT2D eigenvalue weighted by Crippen LogP contribution is -2.40. The number of hydrogen-bond acceptors (Lipinski definition) is 3. The van der Waals surface area contributed by atoms with Crippen LogP contribution < -0.4 is 10.1 Å². The number of methoxy groups -OCH3 is 1. The van der Waals surface area contributed by atoms with Crippen LogP contribution in [0.1, 0.15) is 44.0 Å². The predicted molar refractivity (Wildman–Crippen MR) is 95.0 cm³/mol. The third-order valence-corrected chi connectivity index (χ3v) is 4.44. The molecule has 0 radical (unpaired) electrons. The smallest absolute Gasteiger partial charge is 0.194 e. The first kappa shape index (κ1) is 17.6. The van der Waals surface area contributed by atoms with Gasteiger partial charge in [0.25, 0.3) is 0 Å². The number of rotatable bonds is 4. The first-order valence-electron chi connectivity index (χ1n) is 8.40. The molecule has 0 amide bonds. The third kappa shape index (κ3) is 4.15. The van der Waals surface area contributed by atoms with Crippen molar-refractivity contribution < 1.29 is 4.74 Å². The van der Waals surface area contributed by atoms with Crippen molar-refractivity contribution in [1.82, 2.24) is 15.2 Å². The molecule has 0 aliphatic carbocycles. The van der Waals surface area contributed by atoms with Gasteiger partial charge in [-0.1, -0.05) is 13.8 Å². The molecule has 0 atom stereocenters. The zero-order valence-corrected chi connectivity index (χ0v) is 15.4. The van der Waals surface area contributed by atoms with E-state index >= 15 is 0 Å². The quantitative estimate of drug-likeness (QED) is 0.685. The molecule has 1 saturated heterocycles. The molecule has 1 aromatic heterocycles. The average molecular weight is 318 g/mol. The van der Waals surface area contributed by atoms with Crippen LogP contribution in [0.15, 0.2) is 11.2 Å². The van der Waals surface area contributed by atoms with Crippen LogP contribution in [0.5, 0.6) is 5.75 Å². The van der Waals surface area contributed by atoms with E-state index in [2.05, 4.69) is 42.9 Å². The summed E-state index contributed by atoms with van der Waals surface area (Å²) in [5.41, 5.74) is 3.47. The Morgan fingerprint density at radius 3 is 2.74 bits per heavy atom. The highest BCUT2D eigenvalue weighted by molar-refractivity contribution is 5.80. The summed E-state index contributed by atoms with van der Waals surface area (Å²) in [4.78, 5) is 11.7. The van der Waals surface area contributed by atoms with Gasteiger partial charge in [0.1, 0.15) is 5.75 Å². The lowest BCUT2D eigenvalue weighted by Gasteiger charge is -2.23. The van der Waals surface area contributed by atoms with E-state index in [0.29, 0.717) is 12.0 Å². The summed E-state index contributed by atoms with van der Waals surface area (Å²) in [6.45, 7) is 14.3. The number of aliphatic imine (C=N–C) groups is 1. The van der Waals surface area contributed by atoms with Crippen LogP contribution in [0.2, 0.25) is 0 Å². The maximum absolute atomic E-state index is 5.48. The van der Waals surface area contributed by atoms with Crippen molar-refractivity contribution in [2.24, 2.45) is 10.4 Å². The maximum Gasteiger partial charge on any atom is 0.194 e. The molecule has 0 unspecified atom stereocenters. The highest BCUT2D eigenvalue weighted by atomic mass is 16.5. The van der Waals surface area contributed by atoms with Gasteiger partial charge in [0.2, 0.25) is 0 Å². The highest BCUT2D eigenvalue weighted by Crippen LogP contribution is 2.29. The minimum atomic E-state index is 0.359. The molecular weight excluding hydrogens is 288 g/mol. The Bertz CT molecular complexity index is 581. The zero-order chi connectivity index (χ0) is 17.0. The Morgan fingerprint density at radius 1 is 1.43 bits per heavy atom. The van der Waals surface area contributed by atoms with E-state index in [1.165, 1.54) is 6.42 Å². The molecule has 1 aliphatic rings. The number of nitrogens with zero attached hydrogens (tertiary/aromatic N) is 3. The molecular formula is C18H30N4O. The fourth-order valence-electron chi connectivity index (χ4n) is 3.10. The van der Waals surface area contributed by atoms with Crippen LogP contribution >= 0.6 is 0 Å². The first-order valence-corrected chi connectivity index (χ1v) is 8.40. The molecule has 5 heteroatoms. The van der Waals surface area contributed by atoms with Gasteiger partial charge in [0.15, 0.2) is 5.96 Å². The summed E-state index contributed by atoms with van der Waals surface area (Å²) in [7, 11) is 1.71. The van der Waals surface area contributed by atoms with Crippen LogP contribution in [-0.2, 0) is 6.54 Å². The van der Waals surface area contributed by atoms with E-state index in [-0.39, 0.29) is 0 Å². The Hall–Kier alpha value is -1.78. The summed E-state index contributed by atoms with van der Waals surface area (Å²) in [6, 6.07) is 0. The summed E-state index contributed by atoms with van der Waals surface area (Å²) < 4.78 is 5.48. The number of likely N-dealkylation sites (tertiary alicyclic amines) is 1. The lowest BCUT2D eigenvalue weighted by molar-refractivity contribution is 0.370. The molecule has 0 bridgehead atoms. The van der Waals surface area contributed by atoms with Gasteiger partial charge < -0.3 is 15.0 Å². The van der Waals surface area contributed by atoms with Crippen molar-refractivity contribution in [3.8, 4) is 5.75 Å². The molecule has 1 aliphatic heterocycles. The topological polar surface area (TPSA) is 49.8 Å². The van der Waals surface area contributed by atoms with Crippen LogP contribution in [0.4, 0.5) is 0 Å². The van der Waals surface area contributed by atoms with E-state index in [9.17, 15) is 0 Å². The van der Waals surface area contributed by atoms with Gasteiger partial charge in [-0.05, 0) is 32.6 Å². The van der Waals surface area contributed by atoms with Crippen molar-refractivity contribution >= 4 is 5.96 Å². The number of hydrogen-bond donors (Lipinski definition) is 1. The van der Waals surface area contributed by atoms with Crippen LogP contribution in [0.25, 0.3) is 0 Å². The number of guanidine groups is 1. The largest absolute Gasteiger partial charge is 0.496 e. The number of aromatic nitrogens is 1. The number of aryl methyl sites for hydroxylation is 1. The number of ether oxygens (including phenoxy) is 1. The first-order chi connectivity index (χ1) is 10.9. The summed E-state index contributed by atoms with van der Waals surface area (Å²) >= 11 is 0. The maximum atomic E-state index is 5.48. The molecule has 0 aromatic carbocycles. The van der Waals surface area contributed by atoms with Crippen molar-refractivity contribution in [1.29, 1.82) is 0 Å². The van der Waals surface area contributed by atoms with Gasteiger partial charge in [0, 0.05) is 37.0 Å². The Kier molecular flexibility index (Phi) is 5.50. The molecule has 0 saturated carbocycles. The number of nitrogens with one attached hydrogen (secondary N) is 1. The van der Waals surface area contributed by atoms with Crippen LogP contribution in [0, 0.1) is 19.3 Å². The molecule has 1 aromatic rings. The molecule has 2 heterocycles. The second kappa shape index (κ2) is 7.20. The van der Waals surface area contributed by atoms with Crippen molar-refractivity contribution in [3.05, 3.63) is 23.0 Å². The standard InChI is InChI=1S/C18H30N4O/c1-7-19-17(22-9-8-18(4,5)12-22)21-11-15-14(3)16(23-6)13(2)10-20-15/h10H,7-9,11-12H2,1-6H3,(H,19,21). The molecule has 23 heavy (non-hydrogen) atoms. The molecule has 1 N–H and O–H groups in total. The highest BCUT2D eigenvalue weighted by Gasteiger charge is 2.30. The van der Waals surface area contributed by atoms with Crippen LogP contribution in [0.3, 0.4) is 0 Å². The SMILES string of the molecule is CCNC(=NCc1ncc(C)c(OC)c1C)N1CCC(C)(C)C1. The van der Waals surface area contributed by atoms with Gasteiger partial charge >= 0.3 is 0 Å². The minimum absolute atomic E-state index is 0.359. The Balaban J connectivity index is 2.18. The van der Waals surface area contributed by atoms with Gasteiger partial charge in [-0.25, -0.2) is 4.99 Å². The van der Waals surface area contributed by atoms with E-state index in [1.54, 1.807) is 7.11 Å². The predicted octanol–water partition coefficient (Wildman–Crippen LogP) is 2.90. The van der Waals surface area contributed by atoms with Gasteiger partial charge in [-0.2, -0.15) is 0 Å². The Labute approximate surface area is 140 Å².